The minimum absolute atomic E-state index is 0.269. The molecule has 0 spiro atoms. The summed E-state index contributed by atoms with van der Waals surface area (Å²) < 4.78 is 4.80. The van der Waals surface area contributed by atoms with Gasteiger partial charge in [-0.3, -0.25) is 0 Å². The van der Waals surface area contributed by atoms with Crippen LogP contribution in [0, 0.1) is 0 Å². The smallest absolute Gasteiger partial charge is 0.319 e. The molecule has 0 aliphatic rings. The number of carbonyl (C=O) groups excluding carboxylic acids is 1. The molecule has 0 radical (unpaired) electrons. The topological polar surface area (TPSA) is 50.4 Å². The van der Waals surface area contributed by atoms with Crippen molar-refractivity contribution in [3.8, 4) is 0 Å². The summed E-state index contributed by atoms with van der Waals surface area (Å²) in [5, 5.41) is 5.87. The number of hydrogen-bond donors (Lipinski definition) is 2. The number of halogens is 1. The number of anilines is 1. The van der Waals surface area contributed by atoms with Crippen LogP contribution in [-0.2, 0) is 4.74 Å². The summed E-state index contributed by atoms with van der Waals surface area (Å²) in [6.45, 7) is 0.964. The van der Waals surface area contributed by atoms with E-state index in [0.717, 1.165) is 0 Å². The molecule has 1 aromatic rings. The van der Waals surface area contributed by atoms with E-state index in [1.165, 1.54) is 0 Å². The van der Waals surface area contributed by atoms with Crippen LogP contribution in [-0.4, -0.2) is 26.3 Å². The van der Waals surface area contributed by atoms with Gasteiger partial charge in [0.2, 0.25) is 0 Å². The fourth-order valence-electron chi connectivity index (χ4n) is 1.01. The zero-order chi connectivity index (χ0) is 11.1. The molecular weight excluding hydrogens is 216 g/mol. The highest BCUT2D eigenvalue weighted by Crippen LogP contribution is 2.14. The number of amides is 2. The molecule has 0 heterocycles. The predicted molar refractivity (Wildman–Crippen MR) is 60.3 cm³/mol. The Morgan fingerprint density at radius 3 is 3.00 bits per heavy atom. The molecule has 0 fully saturated rings. The van der Waals surface area contributed by atoms with Crippen LogP contribution in [0.2, 0.25) is 5.02 Å². The lowest BCUT2D eigenvalue weighted by Crippen LogP contribution is -2.31. The van der Waals surface area contributed by atoms with Gasteiger partial charge < -0.3 is 15.4 Å². The average molecular weight is 229 g/mol. The maximum atomic E-state index is 11.3. The van der Waals surface area contributed by atoms with Gasteiger partial charge in [0.1, 0.15) is 0 Å². The van der Waals surface area contributed by atoms with Crippen molar-refractivity contribution < 1.29 is 9.53 Å². The lowest BCUT2D eigenvalue weighted by atomic mass is 10.3. The fraction of sp³-hybridized carbons (Fsp3) is 0.300. The van der Waals surface area contributed by atoms with E-state index >= 15 is 0 Å². The molecule has 1 aromatic carbocycles. The Labute approximate surface area is 93.6 Å². The molecule has 0 aliphatic carbocycles. The van der Waals surface area contributed by atoms with Crippen LogP contribution in [0.25, 0.3) is 0 Å². The van der Waals surface area contributed by atoms with E-state index in [2.05, 4.69) is 10.6 Å². The largest absolute Gasteiger partial charge is 0.383 e. The Bertz CT molecular complexity index is 331. The quantitative estimate of drug-likeness (QED) is 0.776. The van der Waals surface area contributed by atoms with Crippen LogP contribution in [0.5, 0.6) is 0 Å². The van der Waals surface area contributed by atoms with Crippen molar-refractivity contribution in [1.82, 2.24) is 5.32 Å². The molecule has 82 valence electrons. The van der Waals surface area contributed by atoms with Gasteiger partial charge >= 0.3 is 6.03 Å². The molecule has 2 amide bonds. The van der Waals surface area contributed by atoms with Crippen molar-refractivity contribution in [1.29, 1.82) is 0 Å². The van der Waals surface area contributed by atoms with Crippen molar-refractivity contribution in [3.63, 3.8) is 0 Å². The van der Waals surface area contributed by atoms with E-state index in [0.29, 0.717) is 23.9 Å². The van der Waals surface area contributed by atoms with Crippen molar-refractivity contribution in [3.05, 3.63) is 29.3 Å². The lowest BCUT2D eigenvalue weighted by Gasteiger charge is -2.06. The number of methoxy groups -OCH3 is 1. The first kappa shape index (κ1) is 11.8. The van der Waals surface area contributed by atoms with Gasteiger partial charge in [-0.15, -0.1) is 0 Å². The summed E-state index contributed by atoms with van der Waals surface area (Å²) in [4.78, 5) is 11.3. The van der Waals surface area contributed by atoms with Crippen LogP contribution < -0.4 is 10.6 Å². The van der Waals surface area contributed by atoms with Gasteiger partial charge in [0.05, 0.1) is 6.61 Å². The Morgan fingerprint density at radius 2 is 2.33 bits per heavy atom. The summed E-state index contributed by atoms with van der Waals surface area (Å²) in [6, 6.07) is 6.69. The number of urea groups is 1. The normalized spacial score (nSPS) is 9.73. The van der Waals surface area contributed by atoms with E-state index in [-0.39, 0.29) is 6.03 Å². The van der Waals surface area contributed by atoms with Crippen LogP contribution in [0.4, 0.5) is 10.5 Å². The third-order valence-corrected chi connectivity index (χ3v) is 1.91. The Morgan fingerprint density at radius 1 is 1.53 bits per heavy atom. The zero-order valence-electron chi connectivity index (χ0n) is 8.42. The molecule has 4 nitrogen and oxygen atoms in total. The van der Waals surface area contributed by atoms with Gasteiger partial charge in [0, 0.05) is 24.4 Å². The first-order valence-corrected chi connectivity index (χ1v) is 4.89. The van der Waals surface area contributed by atoms with Crippen LogP contribution in [0.15, 0.2) is 24.3 Å². The standard InChI is InChI=1S/C10H13ClN2O2/c1-15-6-5-12-10(14)13-9-4-2-3-8(11)7-9/h2-4,7H,5-6H2,1H3,(H2,12,13,14). The van der Waals surface area contributed by atoms with Crippen molar-refractivity contribution >= 4 is 23.3 Å². The summed E-state index contributed by atoms with van der Waals surface area (Å²) in [7, 11) is 1.58. The summed E-state index contributed by atoms with van der Waals surface area (Å²) >= 11 is 5.76. The molecule has 0 saturated carbocycles. The highest BCUT2D eigenvalue weighted by molar-refractivity contribution is 6.30. The minimum atomic E-state index is -0.269. The van der Waals surface area contributed by atoms with Crippen molar-refractivity contribution in [2.45, 2.75) is 0 Å². The highest BCUT2D eigenvalue weighted by Gasteiger charge is 2.00. The summed E-state index contributed by atoms with van der Waals surface area (Å²) in [6.07, 6.45) is 0. The molecule has 5 heteroatoms. The van der Waals surface area contributed by atoms with E-state index in [9.17, 15) is 4.79 Å². The maximum absolute atomic E-state index is 11.3. The van der Waals surface area contributed by atoms with Gasteiger partial charge in [-0.25, -0.2) is 4.79 Å². The SMILES string of the molecule is COCCNC(=O)Nc1cccc(Cl)c1. The predicted octanol–water partition coefficient (Wildman–Crippen LogP) is 2.11. The number of hydrogen-bond acceptors (Lipinski definition) is 2. The number of benzene rings is 1. The summed E-state index contributed by atoms with van der Waals surface area (Å²) in [5.74, 6) is 0. The molecule has 0 aromatic heterocycles. The summed E-state index contributed by atoms with van der Waals surface area (Å²) in [5.41, 5.74) is 0.664. The van der Waals surface area contributed by atoms with E-state index in [1.54, 1.807) is 31.4 Å². The Balaban J connectivity index is 2.37. The van der Waals surface area contributed by atoms with Gasteiger partial charge in [-0.1, -0.05) is 17.7 Å². The lowest BCUT2D eigenvalue weighted by molar-refractivity contribution is 0.198. The van der Waals surface area contributed by atoms with Crippen LogP contribution >= 0.6 is 11.6 Å². The zero-order valence-corrected chi connectivity index (χ0v) is 9.17. The highest BCUT2D eigenvalue weighted by atomic mass is 35.5. The van der Waals surface area contributed by atoms with Crippen LogP contribution in [0.1, 0.15) is 0 Å². The number of rotatable bonds is 4. The second-order valence-electron chi connectivity index (χ2n) is 2.88. The first-order valence-electron chi connectivity index (χ1n) is 4.51. The number of nitrogens with one attached hydrogen (secondary N) is 2. The Kier molecular flexibility index (Phi) is 4.93. The van der Waals surface area contributed by atoms with E-state index in [4.69, 9.17) is 16.3 Å². The Hall–Kier alpha value is -1.26. The number of ether oxygens (including phenoxy) is 1. The molecular formula is C10H13ClN2O2. The molecule has 0 unspecified atom stereocenters. The second kappa shape index (κ2) is 6.27. The van der Waals surface area contributed by atoms with Gasteiger partial charge in [0.25, 0.3) is 0 Å². The first-order chi connectivity index (χ1) is 7.22. The third kappa shape index (κ3) is 4.67. The van der Waals surface area contributed by atoms with Gasteiger partial charge in [-0.05, 0) is 18.2 Å². The molecule has 0 aliphatic heterocycles. The average Bonchev–Trinajstić information content (AvgIpc) is 2.18. The molecule has 1 rings (SSSR count). The van der Waals surface area contributed by atoms with Crippen LogP contribution in [0.3, 0.4) is 0 Å². The molecule has 0 atom stereocenters. The molecule has 0 saturated heterocycles. The molecule has 2 N–H and O–H groups in total. The van der Waals surface area contributed by atoms with Gasteiger partial charge in [0.15, 0.2) is 0 Å². The number of carbonyl (C=O) groups is 1. The molecule has 15 heavy (non-hydrogen) atoms. The third-order valence-electron chi connectivity index (χ3n) is 1.67. The van der Waals surface area contributed by atoms with Crippen molar-refractivity contribution in [2.24, 2.45) is 0 Å². The monoisotopic (exact) mass is 228 g/mol. The fourth-order valence-corrected chi connectivity index (χ4v) is 1.20. The van der Waals surface area contributed by atoms with Gasteiger partial charge in [-0.2, -0.15) is 0 Å². The van der Waals surface area contributed by atoms with E-state index < -0.39 is 0 Å². The second-order valence-corrected chi connectivity index (χ2v) is 3.32. The molecule has 0 bridgehead atoms. The van der Waals surface area contributed by atoms with E-state index in [1.807, 2.05) is 0 Å². The van der Waals surface area contributed by atoms with Crippen molar-refractivity contribution in [2.75, 3.05) is 25.6 Å². The maximum Gasteiger partial charge on any atom is 0.319 e. The minimum Gasteiger partial charge on any atom is -0.383 e.